The van der Waals surface area contributed by atoms with Gasteiger partial charge in [-0.15, -0.1) is 22.7 Å². The summed E-state index contributed by atoms with van der Waals surface area (Å²) in [6.07, 6.45) is 0.0762. The third-order valence-electron chi connectivity index (χ3n) is 4.77. The zero-order valence-corrected chi connectivity index (χ0v) is 19.0. The standard InChI is InChI=1S/C24H19FN2O3S2/c1-14-20(15-8-10-17(25)11-9-15)21(24(29)30-2)23(32-14)27-19(28)12-18-13-31-22(26-18)16-6-4-3-5-7-16/h3-11,13H,12H2,1-2H3,(H,27,28). The van der Waals surface area contributed by atoms with Gasteiger partial charge in [-0.25, -0.2) is 14.2 Å². The molecule has 2 aromatic carbocycles. The van der Waals surface area contributed by atoms with Gasteiger partial charge >= 0.3 is 5.97 Å². The van der Waals surface area contributed by atoms with Crippen molar-refractivity contribution in [1.82, 2.24) is 4.98 Å². The van der Waals surface area contributed by atoms with Gasteiger partial charge in [0.1, 0.15) is 21.4 Å². The highest BCUT2D eigenvalue weighted by Crippen LogP contribution is 2.40. The van der Waals surface area contributed by atoms with E-state index in [2.05, 4.69) is 10.3 Å². The molecule has 0 aliphatic rings. The summed E-state index contributed by atoms with van der Waals surface area (Å²) in [4.78, 5) is 30.7. The van der Waals surface area contributed by atoms with Gasteiger partial charge in [0.2, 0.25) is 5.91 Å². The number of ether oxygens (including phenoxy) is 1. The number of carbonyl (C=O) groups excluding carboxylic acids is 2. The van der Waals surface area contributed by atoms with Crippen LogP contribution in [0.2, 0.25) is 0 Å². The first-order chi connectivity index (χ1) is 15.5. The summed E-state index contributed by atoms with van der Waals surface area (Å²) in [5, 5.41) is 5.93. The van der Waals surface area contributed by atoms with E-state index in [1.165, 1.54) is 41.9 Å². The maximum atomic E-state index is 13.4. The van der Waals surface area contributed by atoms with Crippen LogP contribution in [0.3, 0.4) is 0 Å². The van der Waals surface area contributed by atoms with E-state index >= 15 is 0 Å². The van der Waals surface area contributed by atoms with Crippen molar-refractivity contribution in [3.05, 3.63) is 81.9 Å². The van der Waals surface area contributed by atoms with E-state index in [0.717, 1.165) is 15.4 Å². The summed E-state index contributed by atoms with van der Waals surface area (Å²) in [5.41, 5.74) is 3.21. The molecule has 0 fully saturated rings. The second-order valence-electron chi connectivity index (χ2n) is 6.97. The molecule has 5 nitrogen and oxygen atoms in total. The molecule has 0 radical (unpaired) electrons. The largest absolute Gasteiger partial charge is 0.465 e. The van der Waals surface area contributed by atoms with Crippen LogP contribution in [0.15, 0.2) is 60.0 Å². The number of nitrogens with zero attached hydrogens (tertiary/aromatic N) is 1. The first kappa shape index (κ1) is 21.9. The van der Waals surface area contributed by atoms with Gasteiger partial charge < -0.3 is 10.1 Å². The molecule has 4 aromatic rings. The van der Waals surface area contributed by atoms with E-state index in [9.17, 15) is 14.0 Å². The van der Waals surface area contributed by atoms with Gasteiger partial charge in [0.15, 0.2) is 0 Å². The van der Waals surface area contributed by atoms with Gasteiger partial charge in [-0.05, 0) is 24.6 Å². The molecule has 0 saturated heterocycles. The van der Waals surface area contributed by atoms with Crippen molar-refractivity contribution in [3.63, 3.8) is 0 Å². The van der Waals surface area contributed by atoms with Crippen molar-refractivity contribution in [2.45, 2.75) is 13.3 Å². The Morgan fingerprint density at radius 2 is 1.78 bits per heavy atom. The fraction of sp³-hybridized carbons (Fsp3) is 0.125. The molecule has 0 aliphatic carbocycles. The van der Waals surface area contributed by atoms with E-state index in [-0.39, 0.29) is 23.7 Å². The predicted molar refractivity (Wildman–Crippen MR) is 126 cm³/mol. The Kier molecular flexibility index (Phi) is 6.43. The number of thiazole rings is 1. The summed E-state index contributed by atoms with van der Waals surface area (Å²) >= 11 is 2.75. The second-order valence-corrected chi connectivity index (χ2v) is 9.05. The van der Waals surface area contributed by atoms with Gasteiger partial charge in [0.05, 0.1) is 19.2 Å². The van der Waals surface area contributed by atoms with Crippen LogP contribution in [0.5, 0.6) is 0 Å². The zero-order chi connectivity index (χ0) is 22.7. The van der Waals surface area contributed by atoms with Crippen LogP contribution >= 0.6 is 22.7 Å². The molecule has 0 atom stereocenters. The number of hydrogen-bond acceptors (Lipinski definition) is 6. The highest BCUT2D eigenvalue weighted by molar-refractivity contribution is 7.17. The fourth-order valence-corrected chi connectivity index (χ4v) is 5.24. The topological polar surface area (TPSA) is 68.3 Å². The fourth-order valence-electron chi connectivity index (χ4n) is 3.33. The van der Waals surface area contributed by atoms with Crippen molar-refractivity contribution in [2.24, 2.45) is 0 Å². The number of aromatic nitrogens is 1. The molecule has 1 amide bonds. The molecule has 0 spiro atoms. The van der Waals surface area contributed by atoms with Crippen LogP contribution < -0.4 is 5.32 Å². The summed E-state index contributed by atoms with van der Waals surface area (Å²) in [6, 6.07) is 15.6. The van der Waals surface area contributed by atoms with Gasteiger partial charge in [-0.1, -0.05) is 42.5 Å². The lowest BCUT2D eigenvalue weighted by molar-refractivity contribution is -0.115. The third-order valence-corrected chi connectivity index (χ3v) is 6.73. The number of hydrogen-bond donors (Lipinski definition) is 1. The number of benzene rings is 2. The third kappa shape index (κ3) is 4.61. The van der Waals surface area contributed by atoms with Gasteiger partial charge in [-0.2, -0.15) is 0 Å². The Morgan fingerprint density at radius 3 is 2.47 bits per heavy atom. The normalized spacial score (nSPS) is 10.7. The summed E-state index contributed by atoms with van der Waals surface area (Å²) in [6.45, 7) is 1.85. The highest BCUT2D eigenvalue weighted by atomic mass is 32.1. The Bertz CT molecular complexity index is 1260. The van der Waals surface area contributed by atoms with E-state index in [4.69, 9.17) is 4.74 Å². The van der Waals surface area contributed by atoms with Gasteiger partial charge in [-0.3, -0.25) is 4.79 Å². The summed E-state index contributed by atoms with van der Waals surface area (Å²) < 4.78 is 18.3. The molecule has 0 saturated carbocycles. The average Bonchev–Trinajstić information content (AvgIpc) is 3.38. The number of rotatable bonds is 6. The number of halogens is 1. The molecule has 4 rings (SSSR count). The molecule has 32 heavy (non-hydrogen) atoms. The Hall–Kier alpha value is -3.36. The zero-order valence-electron chi connectivity index (χ0n) is 17.3. The Morgan fingerprint density at radius 1 is 1.06 bits per heavy atom. The predicted octanol–water partition coefficient (Wildman–Crippen LogP) is 5.95. The number of methoxy groups -OCH3 is 1. The first-order valence-corrected chi connectivity index (χ1v) is 11.4. The number of aryl methyl sites for hydroxylation is 1. The molecular formula is C24H19FN2O3S2. The molecular weight excluding hydrogens is 447 g/mol. The van der Waals surface area contributed by atoms with Crippen LogP contribution in [0, 0.1) is 12.7 Å². The van der Waals surface area contributed by atoms with E-state index in [0.29, 0.717) is 21.8 Å². The molecule has 8 heteroatoms. The molecule has 0 aliphatic heterocycles. The smallest absolute Gasteiger partial charge is 0.341 e. The lowest BCUT2D eigenvalue weighted by Crippen LogP contribution is -2.16. The number of nitrogens with one attached hydrogen (secondary N) is 1. The molecule has 1 N–H and O–H groups in total. The average molecular weight is 467 g/mol. The van der Waals surface area contributed by atoms with Crippen molar-refractivity contribution in [3.8, 4) is 21.7 Å². The van der Waals surface area contributed by atoms with E-state index in [1.54, 1.807) is 12.1 Å². The number of thiophene rings is 1. The quantitative estimate of drug-likeness (QED) is 0.356. The monoisotopic (exact) mass is 466 g/mol. The first-order valence-electron chi connectivity index (χ1n) is 9.73. The number of carbonyl (C=O) groups is 2. The van der Waals surface area contributed by atoms with Crippen LogP contribution in [0.4, 0.5) is 9.39 Å². The maximum absolute atomic E-state index is 13.4. The lowest BCUT2D eigenvalue weighted by Gasteiger charge is -2.08. The van der Waals surface area contributed by atoms with Crippen LogP contribution in [0.1, 0.15) is 20.9 Å². The van der Waals surface area contributed by atoms with Crippen molar-refractivity contribution in [1.29, 1.82) is 0 Å². The minimum atomic E-state index is -0.566. The molecule has 2 aromatic heterocycles. The van der Waals surface area contributed by atoms with Gasteiger partial charge in [0, 0.05) is 21.4 Å². The van der Waals surface area contributed by atoms with Crippen LogP contribution in [0.25, 0.3) is 21.7 Å². The van der Waals surface area contributed by atoms with E-state index < -0.39 is 5.97 Å². The minimum absolute atomic E-state index is 0.0762. The number of amides is 1. The Balaban J connectivity index is 1.58. The number of anilines is 1. The molecule has 0 bridgehead atoms. The van der Waals surface area contributed by atoms with Crippen molar-refractivity contribution < 1.29 is 18.7 Å². The van der Waals surface area contributed by atoms with Gasteiger partial charge in [0.25, 0.3) is 0 Å². The Labute approximate surface area is 192 Å². The highest BCUT2D eigenvalue weighted by Gasteiger charge is 2.25. The van der Waals surface area contributed by atoms with E-state index in [1.807, 2.05) is 42.6 Å². The van der Waals surface area contributed by atoms with Crippen LogP contribution in [-0.2, 0) is 16.0 Å². The molecule has 2 heterocycles. The molecule has 162 valence electrons. The van der Waals surface area contributed by atoms with Crippen molar-refractivity contribution >= 4 is 39.6 Å². The van der Waals surface area contributed by atoms with Crippen molar-refractivity contribution in [2.75, 3.05) is 12.4 Å². The summed E-state index contributed by atoms with van der Waals surface area (Å²) in [7, 11) is 1.29. The SMILES string of the molecule is COC(=O)c1c(NC(=O)Cc2csc(-c3ccccc3)n2)sc(C)c1-c1ccc(F)cc1. The second kappa shape index (κ2) is 9.42. The minimum Gasteiger partial charge on any atom is -0.465 e. The summed E-state index contributed by atoms with van der Waals surface area (Å²) in [5.74, 6) is -1.22. The van der Waals surface area contributed by atoms with Crippen LogP contribution in [-0.4, -0.2) is 24.0 Å². The number of esters is 1. The lowest BCUT2D eigenvalue weighted by atomic mass is 10.0. The molecule has 0 unspecified atom stereocenters. The maximum Gasteiger partial charge on any atom is 0.341 e.